The van der Waals surface area contributed by atoms with Crippen LogP contribution in [0.3, 0.4) is 0 Å². The number of hydrogen-bond donors (Lipinski definition) is 1. The molecule has 104 valence electrons. The van der Waals surface area contributed by atoms with Crippen molar-refractivity contribution in [3.05, 3.63) is 22.2 Å². The van der Waals surface area contributed by atoms with E-state index < -0.39 is 0 Å². The van der Waals surface area contributed by atoms with Crippen LogP contribution in [0.25, 0.3) is 0 Å². The van der Waals surface area contributed by atoms with E-state index in [2.05, 4.69) is 4.98 Å². The van der Waals surface area contributed by atoms with Gasteiger partial charge in [-0.3, -0.25) is 10.1 Å². The molecule has 0 aromatic carbocycles. The number of nitrogens with two attached hydrogens (primary N) is 1. The molecule has 6 heteroatoms. The Bertz CT molecular complexity index is 458. The zero-order chi connectivity index (χ0) is 13.8. The number of nitrogen functional groups attached to an aromatic ring is 1. The van der Waals surface area contributed by atoms with Crippen LogP contribution in [-0.2, 0) is 0 Å². The second-order valence-corrected chi connectivity index (χ2v) is 4.91. The van der Waals surface area contributed by atoms with Gasteiger partial charge in [-0.2, -0.15) is 0 Å². The van der Waals surface area contributed by atoms with Crippen LogP contribution in [0.4, 0.5) is 17.3 Å². The standard InChI is InChI=1S/C13H20N4O2/c1-2-16(10-6-4-3-5-7-10)13-11(17(18)19)8-9-12(14)15-13/h8-10H,2-7H2,1H3,(H2,14,15). The molecular weight excluding hydrogens is 244 g/mol. The highest BCUT2D eigenvalue weighted by molar-refractivity contribution is 5.61. The quantitative estimate of drug-likeness (QED) is 0.667. The highest BCUT2D eigenvalue weighted by Gasteiger charge is 2.27. The van der Waals surface area contributed by atoms with Crippen molar-refractivity contribution in [3.63, 3.8) is 0 Å². The first-order valence-corrected chi connectivity index (χ1v) is 6.81. The van der Waals surface area contributed by atoms with Crippen molar-refractivity contribution in [2.45, 2.75) is 45.1 Å². The lowest BCUT2D eigenvalue weighted by Crippen LogP contribution is -2.37. The Morgan fingerprint density at radius 3 is 2.68 bits per heavy atom. The van der Waals surface area contributed by atoms with Crippen molar-refractivity contribution < 1.29 is 4.92 Å². The first-order chi connectivity index (χ1) is 9.13. The number of nitrogens with zero attached hydrogens (tertiary/aromatic N) is 3. The van der Waals surface area contributed by atoms with E-state index >= 15 is 0 Å². The molecular formula is C13H20N4O2. The molecule has 0 aliphatic heterocycles. The molecule has 6 nitrogen and oxygen atoms in total. The Hall–Kier alpha value is -1.85. The smallest absolute Gasteiger partial charge is 0.311 e. The zero-order valence-corrected chi connectivity index (χ0v) is 11.2. The summed E-state index contributed by atoms with van der Waals surface area (Å²) in [6, 6.07) is 3.27. The van der Waals surface area contributed by atoms with E-state index in [9.17, 15) is 10.1 Å². The Morgan fingerprint density at radius 1 is 1.42 bits per heavy atom. The van der Waals surface area contributed by atoms with E-state index in [1.165, 1.54) is 31.4 Å². The highest BCUT2D eigenvalue weighted by atomic mass is 16.6. The van der Waals surface area contributed by atoms with Gasteiger partial charge in [0.25, 0.3) is 0 Å². The number of anilines is 2. The summed E-state index contributed by atoms with van der Waals surface area (Å²) in [7, 11) is 0. The van der Waals surface area contributed by atoms with Gasteiger partial charge in [0.15, 0.2) is 0 Å². The van der Waals surface area contributed by atoms with Crippen LogP contribution in [0.1, 0.15) is 39.0 Å². The number of nitro groups is 1. The fourth-order valence-electron chi connectivity index (χ4n) is 2.78. The third-order valence-corrected chi connectivity index (χ3v) is 3.70. The number of hydrogen-bond acceptors (Lipinski definition) is 5. The Morgan fingerprint density at radius 2 is 2.11 bits per heavy atom. The first kappa shape index (κ1) is 13.6. The summed E-state index contributed by atoms with van der Waals surface area (Å²) in [5.41, 5.74) is 5.73. The van der Waals surface area contributed by atoms with Gasteiger partial charge in [0.2, 0.25) is 5.82 Å². The minimum Gasteiger partial charge on any atom is -0.384 e. The van der Waals surface area contributed by atoms with Gasteiger partial charge in [-0.05, 0) is 25.8 Å². The Labute approximate surface area is 112 Å². The van der Waals surface area contributed by atoms with Crippen LogP contribution >= 0.6 is 0 Å². The fraction of sp³-hybridized carbons (Fsp3) is 0.615. The van der Waals surface area contributed by atoms with Crippen LogP contribution in [-0.4, -0.2) is 22.5 Å². The minimum absolute atomic E-state index is 0.0432. The lowest BCUT2D eigenvalue weighted by Gasteiger charge is -2.34. The van der Waals surface area contributed by atoms with Gasteiger partial charge in [0.05, 0.1) is 4.92 Å². The molecule has 0 saturated heterocycles. The summed E-state index contributed by atoms with van der Waals surface area (Å²) in [6.45, 7) is 2.71. The molecule has 1 aliphatic carbocycles. The summed E-state index contributed by atoms with van der Waals surface area (Å²) >= 11 is 0. The summed E-state index contributed by atoms with van der Waals surface area (Å²) < 4.78 is 0. The van der Waals surface area contributed by atoms with Gasteiger partial charge >= 0.3 is 5.69 Å². The number of rotatable bonds is 4. The molecule has 0 bridgehead atoms. The van der Waals surface area contributed by atoms with Gasteiger partial charge in [-0.1, -0.05) is 19.3 Å². The number of pyridine rings is 1. The van der Waals surface area contributed by atoms with Crippen LogP contribution in [0.15, 0.2) is 12.1 Å². The maximum atomic E-state index is 11.1. The molecule has 0 unspecified atom stereocenters. The van der Waals surface area contributed by atoms with Crippen molar-refractivity contribution in [3.8, 4) is 0 Å². The average Bonchev–Trinajstić information content (AvgIpc) is 2.40. The van der Waals surface area contributed by atoms with Crippen LogP contribution in [0.2, 0.25) is 0 Å². The topological polar surface area (TPSA) is 85.3 Å². The molecule has 0 atom stereocenters. The van der Waals surface area contributed by atoms with Gasteiger partial charge in [-0.15, -0.1) is 0 Å². The van der Waals surface area contributed by atoms with Crippen molar-refractivity contribution in [2.75, 3.05) is 17.2 Å². The highest BCUT2D eigenvalue weighted by Crippen LogP contribution is 2.32. The van der Waals surface area contributed by atoms with Crippen LogP contribution in [0.5, 0.6) is 0 Å². The SMILES string of the molecule is CCN(c1nc(N)ccc1[N+](=O)[O-])C1CCCCC1. The molecule has 2 rings (SSSR count). The van der Waals surface area contributed by atoms with Gasteiger partial charge in [0.1, 0.15) is 5.82 Å². The molecule has 0 radical (unpaired) electrons. The van der Waals surface area contributed by atoms with Gasteiger partial charge in [0, 0.05) is 18.7 Å². The molecule has 1 fully saturated rings. The average molecular weight is 264 g/mol. The van der Waals surface area contributed by atoms with E-state index in [-0.39, 0.29) is 10.6 Å². The third kappa shape index (κ3) is 2.94. The lowest BCUT2D eigenvalue weighted by atomic mass is 9.94. The minimum atomic E-state index is -0.382. The Kier molecular flexibility index (Phi) is 4.19. The molecule has 0 amide bonds. The van der Waals surface area contributed by atoms with Crippen molar-refractivity contribution in [1.29, 1.82) is 0 Å². The van der Waals surface area contributed by atoms with Gasteiger partial charge < -0.3 is 10.6 Å². The number of aromatic nitrogens is 1. The maximum Gasteiger partial charge on any atom is 0.311 e. The first-order valence-electron chi connectivity index (χ1n) is 6.81. The predicted octanol–water partition coefficient (Wildman–Crippen LogP) is 2.73. The summed E-state index contributed by atoms with van der Waals surface area (Å²) in [5, 5.41) is 11.1. The monoisotopic (exact) mass is 264 g/mol. The zero-order valence-electron chi connectivity index (χ0n) is 11.2. The van der Waals surface area contributed by atoms with Crippen LogP contribution < -0.4 is 10.6 Å². The normalized spacial score (nSPS) is 16.3. The second-order valence-electron chi connectivity index (χ2n) is 4.91. The predicted molar refractivity (Wildman–Crippen MR) is 75.2 cm³/mol. The second kappa shape index (κ2) is 5.86. The molecule has 2 N–H and O–H groups in total. The van der Waals surface area contributed by atoms with E-state index in [0.29, 0.717) is 24.2 Å². The third-order valence-electron chi connectivity index (χ3n) is 3.70. The molecule has 1 aliphatic rings. The van der Waals surface area contributed by atoms with Gasteiger partial charge in [-0.25, -0.2) is 4.98 Å². The summed E-state index contributed by atoms with van der Waals surface area (Å²) in [5.74, 6) is 0.745. The Balaban J connectivity index is 2.35. The lowest BCUT2D eigenvalue weighted by molar-refractivity contribution is -0.384. The van der Waals surface area contributed by atoms with E-state index in [1.807, 2.05) is 11.8 Å². The van der Waals surface area contributed by atoms with Crippen molar-refractivity contribution in [1.82, 2.24) is 4.98 Å². The van der Waals surface area contributed by atoms with Crippen molar-refractivity contribution >= 4 is 17.3 Å². The summed E-state index contributed by atoms with van der Waals surface area (Å²) in [4.78, 5) is 17.0. The molecule has 1 saturated carbocycles. The molecule has 1 aromatic rings. The van der Waals surface area contributed by atoms with E-state index in [1.54, 1.807) is 0 Å². The molecule has 1 heterocycles. The van der Waals surface area contributed by atoms with E-state index in [0.717, 1.165) is 12.8 Å². The molecule has 19 heavy (non-hydrogen) atoms. The van der Waals surface area contributed by atoms with E-state index in [4.69, 9.17) is 5.73 Å². The largest absolute Gasteiger partial charge is 0.384 e. The van der Waals surface area contributed by atoms with Crippen LogP contribution in [0, 0.1) is 10.1 Å². The van der Waals surface area contributed by atoms with Crippen molar-refractivity contribution in [2.24, 2.45) is 0 Å². The maximum absolute atomic E-state index is 11.1. The molecule has 0 spiro atoms. The fourth-order valence-corrected chi connectivity index (χ4v) is 2.78. The summed E-state index contributed by atoms with van der Waals surface area (Å²) in [6.07, 6.45) is 5.75. The molecule has 1 aromatic heterocycles.